The molecule has 19 heavy (non-hydrogen) atoms. The minimum atomic E-state index is 0.850. The van der Waals surface area contributed by atoms with Crippen molar-refractivity contribution >= 4 is 0 Å². The Morgan fingerprint density at radius 1 is 0.684 bits per heavy atom. The van der Waals surface area contributed by atoms with Gasteiger partial charge in [-0.05, 0) is 65.6 Å². The Bertz CT molecular complexity index is 305. The van der Waals surface area contributed by atoms with E-state index in [0.717, 1.165) is 59.2 Å². The molecule has 2 rings (SSSR count). The summed E-state index contributed by atoms with van der Waals surface area (Å²) in [6.45, 7) is 20.1. The SMILES string of the molecule is CC(C)C1[C@H](C)C2[C@@H](C[C@@H]1C)[C@@H](C)[C@@H](C)[C@@H](C)[C@H]2C. The van der Waals surface area contributed by atoms with Gasteiger partial charge in [-0.1, -0.05) is 55.4 Å². The molecule has 0 aromatic carbocycles. The molecular formula is C19H36. The van der Waals surface area contributed by atoms with Crippen LogP contribution in [0.25, 0.3) is 0 Å². The van der Waals surface area contributed by atoms with E-state index in [0.29, 0.717) is 0 Å². The molecule has 0 aliphatic heterocycles. The number of hydrogen-bond donors (Lipinski definition) is 0. The van der Waals surface area contributed by atoms with Crippen molar-refractivity contribution in [3.05, 3.63) is 0 Å². The van der Waals surface area contributed by atoms with Crippen LogP contribution in [0, 0.1) is 59.2 Å². The van der Waals surface area contributed by atoms with Crippen molar-refractivity contribution in [2.75, 3.05) is 0 Å². The van der Waals surface area contributed by atoms with Crippen molar-refractivity contribution in [3.8, 4) is 0 Å². The Balaban J connectivity index is 2.30. The summed E-state index contributed by atoms with van der Waals surface area (Å²) in [5.74, 6) is 9.25. The second kappa shape index (κ2) is 5.41. The second-order valence-corrected chi connectivity index (χ2v) is 8.57. The molecule has 112 valence electrons. The molecule has 0 spiro atoms. The first-order chi connectivity index (χ1) is 8.77. The smallest absolute Gasteiger partial charge is 0.0326 e. The zero-order chi connectivity index (χ0) is 14.5. The molecule has 0 aromatic rings. The van der Waals surface area contributed by atoms with Gasteiger partial charge >= 0.3 is 0 Å². The van der Waals surface area contributed by atoms with Gasteiger partial charge in [-0.25, -0.2) is 0 Å². The molecule has 2 unspecified atom stereocenters. The Morgan fingerprint density at radius 2 is 1.21 bits per heavy atom. The monoisotopic (exact) mass is 264 g/mol. The van der Waals surface area contributed by atoms with Crippen molar-refractivity contribution in [2.24, 2.45) is 59.2 Å². The van der Waals surface area contributed by atoms with Crippen LogP contribution in [0.15, 0.2) is 0 Å². The highest BCUT2D eigenvalue weighted by Crippen LogP contribution is 2.57. The molecule has 0 nitrogen and oxygen atoms in total. The van der Waals surface area contributed by atoms with Crippen molar-refractivity contribution in [1.29, 1.82) is 0 Å². The Kier molecular flexibility index (Phi) is 4.38. The Morgan fingerprint density at radius 3 is 1.74 bits per heavy atom. The highest BCUT2D eigenvalue weighted by molar-refractivity contribution is 4.99. The van der Waals surface area contributed by atoms with Gasteiger partial charge in [0.15, 0.2) is 0 Å². The topological polar surface area (TPSA) is 0 Å². The van der Waals surface area contributed by atoms with Gasteiger partial charge in [0.05, 0.1) is 0 Å². The van der Waals surface area contributed by atoms with Crippen LogP contribution in [0.2, 0.25) is 0 Å². The predicted molar refractivity (Wildman–Crippen MR) is 84.9 cm³/mol. The summed E-state index contributed by atoms with van der Waals surface area (Å²) in [5.41, 5.74) is 0. The van der Waals surface area contributed by atoms with E-state index in [1.807, 2.05) is 0 Å². The van der Waals surface area contributed by atoms with Gasteiger partial charge in [0.1, 0.15) is 0 Å². The summed E-state index contributed by atoms with van der Waals surface area (Å²) in [6.07, 6.45) is 1.49. The van der Waals surface area contributed by atoms with Gasteiger partial charge in [-0.2, -0.15) is 0 Å². The maximum absolute atomic E-state index is 2.57. The molecule has 2 fully saturated rings. The summed E-state index contributed by atoms with van der Waals surface area (Å²) < 4.78 is 0. The number of rotatable bonds is 1. The molecule has 0 radical (unpaired) electrons. The van der Waals surface area contributed by atoms with Gasteiger partial charge in [-0.3, -0.25) is 0 Å². The van der Waals surface area contributed by atoms with Gasteiger partial charge < -0.3 is 0 Å². The molecule has 9 atom stereocenters. The summed E-state index contributed by atoms with van der Waals surface area (Å²) in [7, 11) is 0. The van der Waals surface area contributed by atoms with Crippen molar-refractivity contribution < 1.29 is 0 Å². The molecule has 0 heteroatoms. The first-order valence-electron chi connectivity index (χ1n) is 8.77. The average molecular weight is 264 g/mol. The van der Waals surface area contributed by atoms with Crippen molar-refractivity contribution in [2.45, 2.75) is 61.8 Å². The summed E-state index contributed by atoms with van der Waals surface area (Å²) in [5, 5.41) is 0. The molecular weight excluding hydrogens is 228 g/mol. The highest BCUT2D eigenvalue weighted by atomic mass is 14.6. The minimum absolute atomic E-state index is 0.850. The van der Waals surface area contributed by atoms with Gasteiger partial charge in [-0.15, -0.1) is 0 Å². The second-order valence-electron chi connectivity index (χ2n) is 8.57. The molecule has 0 aromatic heterocycles. The standard InChI is InChI=1S/C19H36/c1-10(2)18-11(3)9-17-14(6)12(4)13(5)15(7)19(17)16(18)8/h10-19H,9H2,1-8H3/t11-,12-,13+,14-,15+,16-,17-,18?,19?/m0/s1. The molecule has 2 saturated carbocycles. The fraction of sp³-hybridized carbons (Fsp3) is 1.00. The van der Waals surface area contributed by atoms with E-state index >= 15 is 0 Å². The number of fused-ring (bicyclic) bond motifs is 1. The highest BCUT2D eigenvalue weighted by Gasteiger charge is 2.51. The van der Waals surface area contributed by atoms with E-state index in [4.69, 9.17) is 0 Å². The maximum atomic E-state index is 2.57. The van der Waals surface area contributed by atoms with E-state index in [2.05, 4.69) is 55.4 Å². The predicted octanol–water partition coefficient (Wildman–Crippen LogP) is 5.72. The normalized spacial score (nSPS) is 55.1. The number of hydrogen-bond acceptors (Lipinski definition) is 0. The van der Waals surface area contributed by atoms with E-state index in [9.17, 15) is 0 Å². The van der Waals surface area contributed by atoms with Crippen molar-refractivity contribution in [3.63, 3.8) is 0 Å². The zero-order valence-electron chi connectivity index (χ0n) is 14.5. The maximum Gasteiger partial charge on any atom is -0.0326 e. The van der Waals surface area contributed by atoms with Crippen LogP contribution < -0.4 is 0 Å². The van der Waals surface area contributed by atoms with Crippen LogP contribution in [-0.2, 0) is 0 Å². The van der Waals surface area contributed by atoms with Crippen LogP contribution in [0.1, 0.15) is 61.8 Å². The fourth-order valence-corrected chi connectivity index (χ4v) is 6.30. The third kappa shape index (κ3) is 2.38. The zero-order valence-corrected chi connectivity index (χ0v) is 14.5. The van der Waals surface area contributed by atoms with E-state index in [-0.39, 0.29) is 0 Å². The van der Waals surface area contributed by atoms with Crippen LogP contribution in [0.4, 0.5) is 0 Å². The first kappa shape index (κ1) is 15.4. The summed E-state index contributed by atoms with van der Waals surface area (Å²) in [4.78, 5) is 0. The third-order valence-corrected chi connectivity index (χ3v) is 7.55. The average Bonchev–Trinajstić information content (AvgIpc) is 2.32. The molecule has 0 bridgehead atoms. The third-order valence-electron chi connectivity index (χ3n) is 7.55. The van der Waals surface area contributed by atoms with Crippen LogP contribution in [0.3, 0.4) is 0 Å². The molecule has 2 aliphatic rings. The van der Waals surface area contributed by atoms with E-state index in [1.54, 1.807) is 0 Å². The molecule has 0 N–H and O–H groups in total. The van der Waals surface area contributed by atoms with Crippen LogP contribution in [-0.4, -0.2) is 0 Å². The summed E-state index contributed by atoms with van der Waals surface area (Å²) in [6, 6.07) is 0. The fourth-order valence-electron chi connectivity index (χ4n) is 6.30. The molecule has 2 aliphatic carbocycles. The lowest BCUT2D eigenvalue weighted by atomic mass is 9.48. The quantitative estimate of drug-likeness (QED) is 0.568. The van der Waals surface area contributed by atoms with Crippen LogP contribution >= 0.6 is 0 Å². The Labute approximate surface area is 121 Å². The lowest BCUT2D eigenvalue weighted by Gasteiger charge is -2.57. The van der Waals surface area contributed by atoms with Gasteiger partial charge in [0.2, 0.25) is 0 Å². The molecule has 0 heterocycles. The molecule has 0 amide bonds. The van der Waals surface area contributed by atoms with Gasteiger partial charge in [0, 0.05) is 0 Å². The van der Waals surface area contributed by atoms with Crippen molar-refractivity contribution in [1.82, 2.24) is 0 Å². The minimum Gasteiger partial charge on any atom is -0.0625 e. The lowest BCUT2D eigenvalue weighted by molar-refractivity contribution is -0.0895. The van der Waals surface area contributed by atoms with Crippen LogP contribution in [0.5, 0.6) is 0 Å². The van der Waals surface area contributed by atoms with Gasteiger partial charge in [0.25, 0.3) is 0 Å². The lowest BCUT2D eigenvalue weighted by Crippen LogP contribution is -2.51. The van der Waals surface area contributed by atoms with E-state index < -0.39 is 0 Å². The largest absolute Gasteiger partial charge is 0.0625 e. The summed E-state index contributed by atoms with van der Waals surface area (Å²) >= 11 is 0. The molecule has 0 saturated heterocycles. The van der Waals surface area contributed by atoms with E-state index in [1.165, 1.54) is 6.42 Å². The first-order valence-corrected chi connectivity index (χ1v) is 8.77. The Hall–Kier alpha value is 0.